The van der Waals surface area contributed by atoms with Crippen molar-refractivity contribution in [2.24, 2.45) is 0 Å². The fourth-order valence-corrected chi connectivity index (χ4v) is 3.91. The van der Waals surface area contributed by atoms with Crippen molar-refractivity contribution in [1.29, 1.82) is 0 Å². The Morgan fingerprint density at radius 2 is 2.04 bits per heavy atom. The average molecular weight is 420 g/mol. The van der Waals surface area contributed by atoms with Gasteiger partial charge in [-0.15, -0.1) is 11.3 Å². The van der Waals surface area contributed by atoms with Gasteiger partial charge in [-0.1, -0.05) is 17.7 Å². The second-order valence-corrected chi connectivity index (χ2v) is 8.29. The van der Waals surface area contributed by atoms with Gasteiger partial charge < -0.3 is 14.6 Å². The van der Waals surface area contributed by atoms with Gasteiger partial charge in [0.2, 0.25) is 0 Å². The van der Waals surface area contributed by atoms with Crippen LogP contribution in [0.25, 0.3) is 10.1 Å². The maximum Gasteiger partial charge on any atom is 0.338 e. The van der Waals surface area contributed by atoms with Gasteiger partial charge in [-0.2, -0.15) is 0 Å². The number of fused-ring (bicyclic) bond motifs is 1. The lowest BCUT2D eigenvalue weighted by Gasteiger charge is -2.19. The van der Waals surface area contributed by atoms with Gasteiger partial charge in [-0.05, 0) is 44.4 Å². The van der Waals surface area contributed by atoms with E-state index in [9.17, 15) is 14.7 Å². The molecule has 2 heterocycles. The standard InChI is InChI=1S/C20H18ClNO5S/c1-20(2,3)27-19(25)11-5-4-6-13(7-11)26-9-12-10-28-16-14(18(23)24)8-22-17(21)15(12)16/h4-8,10H,9H2,1-3H3,(H,23,24). The second kappa shape index (κ2) is 7.77. The van der Waals surface area contributed by atoms with E-state index < -0.39 is 17.5 Å². The van der Waals surface area contributed by atoms with Gasteiger partial charge in [0.1, 0.15) is 23.1 Å². The molecule has 3 aromatic rings. The number of carboxylic acids is 1. The molecule has 146 valence electrons. The van der Waals surface area contributed by atoms with E-state index in [4.69, 9.17) is 21.1 Å². The van der Waals surface area contributed by atoms with E-state index in [1.54, 1.807) is 50.4 Å². The lowest BCUT2D eigenvalue weighted by Crippen LogP contribution is -2.23. The third-order valence-corrected chi connectivity index (χ3v) is 5.07. The Kier molecular flexibility index (Phi) is 5.58. The molecule has 1 aromatic carbocycles. The van der Waals surface area contributed by atoms with Gasteiger partial charge >= 0.3 is 11.9 Å². The quantitative estimate of drug-likeness (QED) is 0.453. The van der Waals surface area contributed by atoms with Gasteiger partial charge in [0.25, 0.3) is 0 Å². The molecule has 0 saturated carbocycles. The number of benzene rings is 1. The van der Waals surface area contributed by atoms with Crippen molar-refractivity contribution in [3.05, 3.63) is 57.7 Å². The van der Waals surface area contributed by atoms with Crippen LogP contribution in [0.4, 0.5) is 0 Å². The van der Waals surface area contributed by atoms with Gasteiger partial charge in [0, 0.05) is 17.1 Å². The lowest BCUT2D eigenvalue weighted by molar-refractivity contribution is 0.00688. The number of ether oxygens (including phenoxy) is 2. The molecule has 0 aliphatic rings. The van der Waals surface area contributed by atoms with Crippen LogP contribution in [-0.4, -0.2) is 27.6 Å². The summed E-state index contributed by atoms with van der Waals surface area (Å²) < 4.78 is 11.7. The first kappa shape index (κ1) is 20.1. The molecule has 0 atom stereocenters. The highest BCUT2D eigenvalue weighted by molar-refractivity contribution is 7.17. The third-order valence-electron chi connectivity index (χ3n) is 3.72. The number of rotatable bonds is 5. The summed E-state index contributed by atoms with van der Waals surface area (Å²) in [6, 6.07) is 6.69. The van der Waals surface area contributed by atoms with E-state index in [-0.39, 0.29) is 17.3 Å². The lowest BCUT2D eigenvalue weighted by atomic mass is 10.1. The summed E-state index contributed by atoms with van der Waals surface area (Å²) in [6.07, 6.45) is 1.25. The van der Waals surface area contributed by atoms with Gasteiger partial charge in [-0.25, -0.2) is 14.6 Å². The molecule has 0 aliphatic heterocycles. The minimum atomic E-state index is -1.06. The maximum absolute atomic E-state index is 12.2. The summed E-state index contributed by atoms with van der Waals surface area (Å²) >= 11 is 7.45. The molecular weight excluding hydrogens is 402 g/mol. The van der Waals surface area contributed by atoms with Crippen LogP contribution in [0.15, 0.2) is 35.8 Å². The molecular formula is C20H18ClNO5S. The largest absolute Gasteiger partial charge is 0.489 e. The Morgan fingerprint density at radius 3 is 2.71 bits per heavy atom. The summed E-state index contributed by atoms with van der Waals surface area (Å²) in [4.78, 5) is 27.5. The molecule has 0 unspecified atom stereocenters. The summed E-state index contributed by atoms with van der Waals surface area (Å²) in [7, 11) is 0. The maximum atomic E-state index is 12.2. The van der Waals surface area contributed by atoms with Crippen molar-refractivity contribution in [2.45, 2.75) is 33.0 Å². The van der Waals surface area contributed by atoms with Crippen LogP contribution in [0.5, 0.6) is 5.75 Å². The Hall–Kier alpha value is -2.64. The molecule has 0 fully saturated rings. The number of pyridine rings is 1. The number of hydrogen-bond donors (Lipinski definition) is 1. The van der Waals surface area contributed by atoms with Crippen LogP contribution in [0.1, 0.15) is 47.1 Å². The minimum Gasteiger partial charge on any atom is -0.489 e. The first-order chi connectivity index (χ1) is 13.2. The molecule has 0 aliphatic carbocycles. The SMILES string of the molecule is CC(C)(C)OC(=O)c1cccc(OCc2csc3c(C(=O)O)cnc(Cl)c23)c1. The van der Waals surface area contributed by atoms with Crippen molar-refractivity contribution in [3.63, 3.8) is 0 Å². The summed E-state index contributed by atoms with van der Waals surface area (Å²) in [5.74, 6) is -1.01. The highest BCUT2D eigenvalue weighted by Gasteiger charge is 2.19. The fraction of sp³-hybridized carbons (Fsp3) is 0.250. The van der Waals surface area contributed by atoms with Crippen molar-refractivity contribution >= 4 is 45.0 Å². The predicted octanol–water partition coefficient (Wildman–Crippen LogP) is 5.18. The second-order valence-electron chi connectivity index (χ2n) is 7.05. The number of esters is 1. The van der Waals surface area contributed by atoms with Crippen LogP contribution >= 0.6 is 22.9 Å². The van der Waals surface area contributed by atoms with E-state index in [0.717, 1.165) is 5.56 Å². The van der Waals surface area contributed by atoms with Gasteiger partial charge in [-0.3, -0.25) is 0 Å². The van der Waals surface area contributed by atoms with E-state index in [1.807, 2.05) is 0 Å². The number of nitrogens with zero attached hydrogens (tertiary/aromatic N) is 1. The first-order valence-corrected chi connectivity index (χ1v) is 9.65. The summed E-state index contributed by atoms with van der Waals surface area (Å²) in [6.45, 7) is 5.56. The zero-order chi connectivity index (χ0) is 20.5. The highest BCUT2D eigenvalue weighted by Crippen LogP contribution is 2.34. The van der Waals surface area contributed by atoms with Gasteiger partial charge in [0.05, 0.1) is 15.8 Å². The van der Waals surface area contributed by atoms with Crippen LogP contribution in [0, 0.1) is 0 Å². The predicted molar refractivity (Wildman–Crippen MR) is 108 cm³/mol. The number of aromatic nitrogens is 1. The molecule has 2 aromatic heterocycles. The molecule has 28 heavy (non-hydrogen) atoms. The molecule has 0 spiro atoms. The third kappa shape index (κ3) is 4.43. The molecule has 0 saturated heterocycles. The van der Waals surface area contributed by atoms with Crippen molar-refractivity contribution in [1.82, 2.24) is 4.98 Å². The van der Waals surface area contributed by atoms with Crippen molar-refractivity contribution in [3.8, 4) is 5.75 Å². The smallest absolute Gasteiger partial charge is 0.338 e. The molecule has 0 radical (unpaired) electrons. The Balaban J connectivity index is 1.82. The van der Waals surface area contributed by atoms with Gasteiger partial charge in [0.15, 0.2) is 0 Å². The van der Waals surface area contributed by atoms with Crippen molar-refractivity contribution < 1.29 is 24.2 Å². The van der Waals surface area contributed by atoms with E-state index in [1.165, 1.54) is 17.5 Å². The Bertz CT molecular complexity index is 1050. The number of thiophene rings is 1. The topological polar surface area (TPSA) is 85.7 Å². The Morgan fingerprint density at radius 1 is 1.29 bits per heavy atom. The zero-order valence-electron chi connectivity index (χ0n) is 15.5. The molecule has 3 rings (SSSR count). The first-order valence-electron chi connectivity index (χ1n) is 8.40. The number of aromatic carboxylic acids is 1. The summed E-state index contributed by atoms with van der Waals surface area (Å²) in [5.41, 5.74) is 0.621. The van der Waals surface area contributed by atoms with Crippen LogP contribution in [-0.2, 0) is 11.3 Å². The van der Waals surface area contributed by atoms with Crippen LogP contribution < -0.4 is 4.74 Å². The number of hydrogen-bond acceptors (Lipinski definition) is 6. The van der Waals surface area contributed by atoms with E-state index in [0.29, 0.717) is 21.4 Å². The molecule has 0 amide bonds. The molecule has 6 nitrogen and oxygen atoms in total. The number of carboxylic acid groups (broad SMARTS) is 1. The molecule has 0 bridgehead atoms. The van der Waals surface area contributed by atoms with Crippen LogP contribution in [0.3, 0.4) is 0 Å². The van der Waals surface area contributed by atoms with E-state index >= 15 is 0 Å². The minimum absolute atomic E-state index is 0.0996. The Labute approximate surface area is 170 Å². The highest BCUT2D eigenvalue weighted by atomic mass is 35.5. The monoisotopic (exact) mass is 419 g/mol. The van der Waals surface area contributed by atoms with Crippen molar-refractivity contribution in [2.75, 3.05) is 0 Å². The average Bonchev–Trinajstić information content (AvgIpc) is 3.03. The number of carbonyl (C=O) groups is 2. The molecule has 8 heteroatoms. The summed E-state index contributed by atoms with van der Waals surface area (Å²) in [5, 5.41) is 11.9. The number of halogens is 1. The fourth-order valence-electron chi connectivity index (χ4n) is 2.53. The molecule has 1 N–H and O–H groups in total. The van der Waals surface area contributed by atoms with E-state index in [2.05, 4.69) is 4.98 Å². The number of carbonyl (C=O) groups excluding carboxylic acids is 1. The zero-order valence-corrected chi connectivity index (χ0v) is 17.1. The van der Waals surface area contributed by atoms with Crippen LogP contribution in [0.2, 0.25) is 5.15 Å². The normalized spacial score (nSPS) is 11.4.